The van der Waals surface area contributed by atoms with Gasteiger partial charge in [-0.15, -0.1) is 0 Å². The minimum atomic E-state index is -0.815. The Kier molecular flexibility index (Phi) is 5.36. The Hall–Kier alpha value is -3.09. The van der Waals surface area contributed by atoms with Gasteiger partial charge in [0, 0.05) is 5.56 Å². The first-order valence-electron chi connectivity index (χ1n) is 7.41. The normalized spacial score (nSPS) is 11.5. The van der Waals surface area contributed by atoms with E-state index in [1.165, 1.54) is 6.92 Å². The van der Waals surface area contributed by atoms with Crippen molar-refractivity contribution in [1.29, 1.82) is 0 Å². The molecule has 1 heterocycles. The minimum absolute atomic E-state index is 0.341. The zero-order valence-corrected chi connectivity index (χ0v) is 13.7. The lowest BCUT2D eigenvalue weighted by molar-refractivity contribution is -0.123. The van der Waals surface area contributed by atoms with Crippen molar-refractivity contribution in [3.63, 3.8) is 0 Å². The van der Waals surface area contributed by atoms with Crippen molar-refractivity contribution in [3.05, 3.63) is 59.0 Å². The monoisotopic (exact) mass is 329 g/mol. The number of nitrogens with one attached hydrogen (secondary N) is 3. The van der Waals surface area contributed by atoms with Gasteiger partial charge < -0.3 is 9.73 Å². The molecule has 2 aromatic rings. The fourth-order valence-electron chi connectivity index (χ4n) is 2.09. The quantitative estimate of drug-likeness (QED) is 0.740. The number of hydrogen-bond acceptors (Lipinski definition) is 4. The second-order valence-corrected chi connectivity index (χ2v) is 5.33. The number of amides is 3. The van der Waals surface area contributed by atoms with Crippen molar-refractivity contribution in [2.75, 3.05) is 0 Å². The van der Waals surface area contributed by atoms with Crippen LogP contribution in [0.15, 0.2) is 40.8 Å². The molecule has 24 heavy (non-hydrogen) atoms. The van der Waals surface area contributed by atoms with Gasteiger partial charge in [0.15, 0.2) is 0 Å². The second kappa shape index (κ2) is 7.45. The summed E-state index contributed by atoms with van der Waals surface area (Å²) < 4.78 is 5.26. The summed E-state index contributed by atoms with van der Waals surface area (Å²) >= 11 is 0. The predicted molar refractivity (Wildman–Crippen MR) is 87.2 cm³/mol. The molecule has 0 aliphatic carbocycles. The molecular weight excluding hydrogens is 310 g/mol. The summed E-state index contributed by atoms with van der Waals surface area (Å²) in [6, 6.07) is 9.31. The summed E-state index contributed by atoms with van der Waals surface area (Å²) in [6.07, 6.45) is 0. The van der Waals surface area contributed by atoms with E-state index >= 15 is 0 Å². The molecular formula is C17H19N3O4. The number of furan rings is 1. The lowest BCUT2D eigenvalue weighted by Gasteiger charge is -2.14. The SMILES string of the molecule is Cc1cc(C(=O)NNC(=O)C(C)NC(=O)c2ccccc2)c(C)o1. The molecule has 1 unspecified atom stereocenters. The van der Waals surface area contributed by atoms with Gasteiger partial charge >= 0.3 is 0 Å². The van der Waals surface area contributed by atoms with E-state index in [4.69, 9.17) is 4.42 Å². The zero-order chi connectivity index (χ0) is 17.7. The smallest absolute Gasteiger partial charge is 0.273 e. The van der Waals surface area contributed by atoms with Crippen molar-refractivity contribution >= 4 is 17.7 Å². The number of hydrazine groups is 1. The number of carbonyl (C=O) groups is 3. The Morgan fingerprint density at radius 1 is 1.00 bits per heavy atom. The van der Waals surface area contributed by atoms with Crippen LogP contribution >= 0.6 is 0 Å². The van der Waals surface area contributed by atoms with Crippen LogP contribution in [-0.4, -0.2) is 23.8 Å². The van der Waals surface area contributed by atoms with Gasteiger partial charge in [-0.1, -0.05) is 18.2 Å². The van der Waals surface area contributed by atoms with E-state index in [1.807, 2.05) is 0 Å². The third-order valence-electron chi connectivity index (χ3n) is 3.36. The largest absolute Gasteiger partial charge is 0.466 e. The summed E-state index contributed by atoms with van der Waals surface area (Å²) in [5, 5.41) is 2.55. The van der Waals surface area contributed by atoms with E-state index in [1.54, 1.807) is 50.2 Å². The van der Waals surface area contributed by atoms with E-state index in [2.05, 4.69) is 16.2 Å². The number of hydrogen-bond donors (Lipinski definition) is 3. The van der Waals surface area contributed by atoms with Gasteiger partial charge in [0.05, 0.1) is 5.56 Å². The van der Waals surface area contributed by atoms with Crippen LogP contribution in [0.3, 0.4) is 0 Å². The van der Waals surface area contributed by atoms with Gasteiger partial charge in [0.1, 0.15) is 17.6 Å². The Morgan fingerprint density at radius 3 is 2.25 bits per heavy atom. The first-order chi connectivity index (χ1) is 11.4. The van der Waals surface area contributed by atoms with Crippen molar-refractivity contribution in [2.24, 2.45) is 0 Å². The highest BCUT2D eigenvalue weighted by atomic mass is 16.3. The predicted octanol–water partition coefficient (Wildman–Crippen LogP) is 1.48. The van der Waals surface area contributed by atoms with E-state index in [9.17, 15) is 14.4 Å². The molecule has 1 aromatic heterocycles. The van der Waals surface area contributed by atoms with Gasteiger partial charge in [0.2, 0.25) is 0 Å². The Morgan fingerprint density at radius 2 is 1.67 bits per heavy atom. The zero-order valence-electron chi connectivity index (χ0n) is 13.7. The highest BCUT2D eigenvalue weighted by Gasteiger charge is 2.18. The third-order valence-corrected chi connectivity index (χ3v) is 3.36. The first kappa shape index (κ1) is 17.3. The van der Waals surface area contributed by atoms with Crippen LogP contribution in [0.25, 0.3) is 0 Å². The molecule has 7 nitrogen and oxygen atoms in total. The number of aryl methyl sites for hydroxylation is 2. The maximum Gasteiger partial charge on any atom is 0.273 e. The van der Waals surface area contributed by atoms with Crippen molar-refractivity contribution in [3.8, 4) is 0 Å². The summed E-state index contributed by atoms with van der Waals surface area (Å²) in [7, 11) is 0. The number of benzene rings is 1. The molecule has 0 radical (unpaired) electrons. The molecule has 3 N–H and O–H groups in total. The lowest BCUT2D eigenvalue weighted by atomic mass is 10.2. The van der Waals surface area contributed by atoms with Gasteiger partial charge in [-0.3, -0.25) is 25.2 Å². The van der Waals surface area contributed by atoms with Gasteiger partial charge in [-0.2, -0.15) is 0 Å². The van der Waals surface area contributed by atoms with Gasteiger partial charge in [-0.25, -0.2) is 0 Å². The van der Waals surface area contributed by atoms with Crippen molar-refractivity contribution in [1.82, 2.24) is 16.2 Å². The standard InChI is InChI=1S/C17H19N3O4/c1-10-9-14(12(3)24-10)17(23)20-19-15(21)11(2)18-16(22)13-7-5-4-6-8-13/h4-9,11H,1-3H3,(H,18,22)(H,19,21)(H,20,23). The van der Waals surface area contributed by atoms with E-state index in [0.29, 0.717) is 22.6 Å². The second-order valence-electron chi connectivity index (χ2n) is 5.33. The molecule has 0 bridgehead atoms. The number of rotatable bonds is 4. The molecule has 1 atom stereocenters. The molecule has 126 valence electrons. The van der Waals surface area contributed by atoms with Crippen LogP contribution in [0.4, 0.5) is 0 Å². The van der Waals surface area contributed by atoms with Crippen LogP contribution in [-0.2, 0) is 4.79 Å². The van der Waals surface area contributed by atoms with Crippen LogP contribution in [0, 0.1) is 13.8 Å². The van der Waals surface area contributed by atoms with E-state index in [0.717, 1.165) is 0 Å². The van der Waals surface area contributed by atoms with Crippen molar-refractivity contribution in [2.45, 2.75) is 26.8 Å². The minimum Gasteiger partial charge on any atom is -0.466 e. The molecule has 2 rings (SSSR count). The Labute approximate surface area is 139 Å². The van der Waals surface area contributed by atoms with Crippen LogP contribution < -0.4 is 16.2 Å². The lowest BCUT2D eigenvalue weighted by Crippen LogP contribution is -2.51. The summed E-state index contributed by atoms with van der Waals surface area (Å²) in [6.45, 7) is 4.91. The van der Waals surface area contributed by atoms with Crippen LogP contribution in [0.2, 0.25) is 0 Å². The highest BCUT2D eigenvalue weighted by molar-refractivity contribution is 5.99. The molecule has 0 saturated carbocycles. The van der Waals surface area contributed by atoms with Crippen LogP contribution in [0.1, 0.15) is 39.2 Å². The molecule has 1 aromatic carbocycles. The topological polar surface area (TPSA) is 100 Å². The Bertz CT molecular complexity index is 752. The molecule has 0 fully saturated rings. The summed E-state index contributed by atoms with van der Waals surface area (Å²) in [5.74, 6) is -0.326. The summed E-state index contributed by atoms with van der Waals surface area (Å²) in [4.78, 5) is 35.9. The summed E-state index contributed by atoms with van der Waals surface area (Å²) in [5.41, 5.74) is 5.37. The Balaban J connectivity index is 1.87. The van der Waals surface area contributed by atoms with E-state index in [-0.39, 0.29) is 5.91 Å². The fourth-order valence-corrected chi connectivity index (χ4v) is 2.09. The molecule has 0 spiro atoms. The average Bonchev–Trinajstić information content (AvgIpc) is 2.91. The molecule has 3 amide bonds. The highest BCUT2D eigenvalue weighted by Crippen LogP contribution is 2.12. The van der Waals surface area contributed by atoms with Crippen molar-refractivity contribution < 1.29 is 18.8 Å². The molecule has 7 heteroatoms. The van der Waals surface area contributed by atoms with Gasteiger partial charge in [0.25, 0.3) is 17.7 Å². The number of carbonyl (C=O) groups excluding carboxylic acids is 3. The maximum absolute atomic E-state index is 12.0. The average molecular weight is 329 g/mol. The van der Waals surface area contributed by atoms with Gasteiger partial charge in [-0.05, 0) is 39.0 Å². The molecule has 0 aliphatic heterocycles. The maximum atomic E-state index is 12.0. The molecule has 0 aliphatic rings. The molecule has 0 saturated heterocycles. The third kappa shape index (κ3) is 4.22. The fraction of sp³-hybridized carbons (Fsp3) is 0.235. The first-order valence-corrected chi connectivity index (χ1v) is 7.41. The van der Waals surface area contributed by atoms with E-state index < -0.39 is 17.9 Å². The van der Waals surface area contributed by atoms with Crippen LogP contribution in [0.5, 0.6) is 0 Å².